The molecule has 126 valence electrons. The number of hydrogen-bond donors (Lipinski definition) is 1. The van der Waals surface area contributed by atoms with Crippen LogP contribution in [0.15, 0.2) is 64.1 Å². The van der Waals surface area contributed by atoms with Crippen LogP contribution in [0.1, 0.15) is 36.1 Å². The van der Waals surface area contributed by atoms with Crippen LogP contribution in [0.5, 0.6) is 0 Å². The summed E-state index contributed by atoms with van der Waals surface area (Å²) >= 11 is 1.46. The maximum atomic E-state index is 4.75. The van der Waals surface area contributed by atoms with Gasteiger partial charge in [-0.1, -0.05) is 59.7 Å². The molecule has 0 radical (unpaired) electrons. The molecule has 2 nitrogen and oxygen atoms in total. The van der Waals surface area contributed by atoms with Gasteiger partial charge in [-0.3, -0.25) is 0 Å². The van der Waals surface area contributed by atoms with Crippen molar-refractivity contribution in [2.75, 3.05) is 0 Å². The van der Waals surface area contributed by atoms with Crippen LogP contribution in [0.2, 0.25) is 0 Å². The molecule has 0 spiro atoms. The number of aryl methyl sites for hydroxylation is 2. The second-order valence-electron chi connectivity index (χ2n) is 6.89. The summed E-state index contributed by atoms with van der Waals surface area (Å²) in [5, 5.41) is 0. The Bertz CT molecular complexity index is 916. The Labute approximate surface area is 154 Å². The van der Waals surface area contributed by atoms with Gasteiger partial charge in [0.1, 0.15) is 0 Å². The number of rotatable bonds is 2. The molecule has 0 amide bonds. The quantitative estimate of drug-likeness (QED) is 0.722. The van der Waals surface area contributed by atoms with Crippen LogP contribution in [0.4, 0.5) is 0 Å². The second kappa shape index (κ2) is 6.32. The summed E-state index contributed by atoms with van der Waals surface area (Å²) < 4.78 is 8.25. The van der Waals surface area contributed by atoms with Crippen molar-refractivity contribution in [1.82, 2.24) is 4.72 Å². The lowest BCUT2D eigenvalue weighted by Gasteiger charge is -2.29. The van der Waals surface area contributed by atoms with Gasteiger partial charge in [0, 0.05) is 5.57 Å². The van der Waals surface area contributed by atoms with Crippen molar-refractivity contribution in [3.8, 4) is 0 Å². The molecule has 0 saturated heterocycles. The van der Waals surface area contributed by atoms with Crippen molar-refractivity contribution in [2.24, 2.45) is 4.40 Å². The summed E-state index contributed by atoms with van der Waals surface area (Å²) in [6, 6.07) is 17.7. The molecule has 0 aromatic heterocycles. The minimum Gasteiger partial charge on any atom is -0.231 e. The monoisotopic (exact) mass is 346 g/mol. The van der Waals surface area contributed by atoms with E-state index in [9.17, 15) is 0 Å². The molecule has 25 heavy (non-hydrogen) atoms. The molecular weight excluding hydrogens is 324 g/mol. The Morgan fingerprint density at radius 2 is 1.32 bits per heavy atom. The minimum absolute atomic E-state index is 0.146. The Morgan fingerprint density at radius 1 is 0.760 bits per heavy atom. The molecule has 0 bridgehead atoms. The third-order valence-electron chi connectivity index (χ3n) is 5.18. The van der Waals surface area contributed by atoms with E-state index >= 15 is 0 Å². The Balaban J connectivity index is 1.91. The van der Waals surface area contributed by atoms with E-state index in [1.807, 2.05) is 0 Å². The van der Waals surface area contributed by atoms with Crippen molar-refractivity contribution >= 4 is 29.0 Å². The molecule has 0 fully saturated rings. The fourth-order valence-corrected chi connectivity index (χ4v) is 4.30. The summed E-state index contributed by atoms with van der Waals surface area (Å²) in [7, 11) is 0. The topological polar surface area (TPSA) is 24.4 Å². The predicted octanol–water partition coefficient (Wildman–Crippen LogP) is 5.54. The molecule has 1 atom stereocenters. The standard InChI is InChI=1S/C22H22N2S/c1-13-5-9-17(10-6-13)19-15(3)16(4)20(22-21(19)23-25-24-22)18-11-7-14(2)8-12-18/h5-12,21,23H,1-4H3. The van der Waals surface area contributed by atoms with Crippen LogP contribution >= 0.6 is 12.1 Å². The van der Waals surface area contributed by atoms with Crippen LogP contribution in [-0.2, 0) is 0 Å². The van der Waals surface area contributed by atoms with Crippen LogP contribution < -0.4 is 4.72 Å². The Morgan fingerprint density at radius 3 is 1.92 bits per heavy atom. The third-order valence-corrected chi connectivity index (χ3v) is 5.81. The van der Waals surface area contributed by atoms with E-state index in [2.05, 4.69) is 80.9 Å². The lowest BCUT2D eigenvalue weighted by Crippen LogP contribution is -2.33. The number of hydrogen-bond acceptors (Lipinski definition) is 3. The van der Waals surface area contributed by atoms with Crippen molar-refractivity contribution < 1.29 is 0 Å². The Kier molecular flexibility index (Phi) is 4.14. The zero-order valence-electron chi connectivity index (χ0n) is 15.1. The van der Waals surface area contributed by atoms with Crippen molar-refractivity contribution in [3.63, 3.8) is 0 Å². The summed E-state index contributed by atoms with van der Waals surface area (Å²) in [5.41, 5.74) is 11.5. The fourth-order valence-electron chi connectivity index (χ4n) is 3.62. The molecule has 2 aromatic carbocycles. The summed E-state index contributed by atoms with van der Waals surface area (Å²) in [6.07, 6.45) is 0. The zero-order chi connectivity index (χ0) is 17.6. The Hall–Kier alpha value is -2.10. The highest BCUT2D eigenvalue weighted by molar-refractivity contribution is 7.96. The van der Waals surface area contributed by atoms with Gasteiger partial charge >= 0.3 is 0 Å². The normalized spacial score (nSPS) is 20.0. The number of nitrogens with one attached hydrogen (secondary N) is 1. The maximum Gasteiger partial charge on any atom is 0.0882 e. The molecule has 1 aliphatic heterocycles. The number of allylic oxidation sites excluding steroid dienone is 2. The predicted molar refractivity (Wildman–Crippen MR) is 109 cm³/mol. The first-order valence-electron chi connectivity index (χ1n) is 8.62. The minimum atomic E-state index is 0.146. The molecule has 1 N–H and O–H groups in total. The molecule has 0 saturated carbocycles. The highest BCUT2D eigenvalue weighted by Gasteiger charge is 2.35. The largest absolute Gasteiger partial charge is 0.231 e. The van der Waals surface area contributed by atoms with Gasteiger partial charge in [-0.05, 0) is 55.5 Å². The van der Waals surface area contributed by atoms with Gasteiger partial charge in [0.25, 0.3) is 0 Å². The molecule has 2 aromatic rings. The number of benzene rings is 2. The highest BCUT2D eigenvalue weighted by atomic mass is 32.2. The number of nitrogens with zero attached hydrogens (tertiary/aromatic N) is 1. The van der Waals surface area contributed by atoms with Crippen LogP contribution in [0, 0.1) is 13.8 Å². The SMILES string of the molecule is CC1=C(c2ccc(C)cc2)C2=NSNC2C(c2ccc(C)cc2)=C1C. The van der Waals surface area contributed by atoms with E-state index in [4.69, 9.17) is 4.40 Å². The van der Waals surface area contributed by atoms with Gasteiger partial charge in [-0.2, -0.15) is 0 Å². The molecular formula is C22H22N2S. The lowest BCUT2D eigenvalue weighted by molar-refractivity contribution is 1.01. The van der Waals surface area contributed by atoms with Crippen molar-refractivity contribution in [1.29, 1.82) is 0 Å². The van der Waals surface area contributed by atoms with Crippen molar-refractivity contribution in [3.05, 3.63) is 81.9 Å². The van der Waals surface area contributed by atoms with Gasteiger partial charge in [0.15, 0.2) is 0 Å². The first-order valence-corrected chi connectivity index (χ1v) is 9.39. The molecule has 3 heteroatoms. The first-order chi connectivity index (χ1) is 12.1. The van der Waals surface area contributed by atoms with E-state index in [1.165, 1.54) is 56.7 Å². The second-order valence-corrected chi connectivity index (χ2v) is 7.49. The van der Waals surface area contributed by atoms with Crippen LogP contribution in [0.25, 0.3) is 11.1 Å². The van der Waals surface area contributed by atoms with Crippen LogP contribution in [0.3, 0.4) is 0 Å². The van der Waals surface area contributed by atoms with E-state index < -0.39 is 0 Å². The van der Waals surface area contributed by atoms with E-state index in [0.29, 0.717) is 0 Å². The summed E-state index contributed by atoms with van der Waals surface area (Å²) in [6.45, 7) is 8.71. The summed E-state index contributed by atoms with van der Waals surface area (Å²) in [4.78, 5) is 0. The average Bonchev–Trinajstić information content (AvgIpc) is 3.07. The van der Waals surface area contributed by atoms with Gasteiger partial charge in [-0.25, -0.2) is 9.12 Å². The van der Waals surface area contributed by atoms with Gasteiger partial charge in [-0.15, -0.1) is 0 Å². The smallest absolute Gasteiger partial charge is 0.0882 e. The molecule has 1 aliphatic carbocycles. The zero-order valence-corrected chi connectivity index (χ0v) is 15.9. The van der Waals surface area contributed by atoms with E-state index in [0.717, 1.165) is 5.71 Å². The third kappa shape index (κ3) is 2.78. The fraction of sp³-hybridized carbons (Fsp3) is 0.227. The van der Waals surface area contributed by atoms with Crippen molar-refractivity contribution in [2.45, 2.75) is 33.7 Å². The van der Waals surface area contributed by atoms with E-state index in [1.54, 1.807) is 0 Å². The maximum absolute atomic E-state index is 4.75. The molecule has 1 unspecified atom stereocenters. The molecule has 1 heterocycles. The van der Waals surface area contributed by atoms with Crippen LogP contribution in [-0.4, -0.2) is 11.8 Å². The average molecular weight is 346 g/mol. The van der Waals surface area contributed by atoms with Gasteiger partial charge in [0.2, 0.25) is 0 Å². The van der Waals surface area contributed by atoms with Gasteiger partial charge < -0.3 is 0 Å². The lowest BCUT2D eigenvalue weighted by atomic mass is 9.77. The summed E-state index contributed by atoms with van der Waals surface area (Å²) in [5.74, 6) is 0. The van der Waals surface area contributed by atoms with Gasteiger partial charge in [0.05, 0.1) is 23.9 Å². The molecule has 4 rings (SSSR count). The highest BCUT2D eigenvalue weighted by Crippen LogP contribution is 2.42. The van der Waals surface area contributed by atoms with E-state index in [-0.39, 0.29) is 6.04 Å². The number of fused-ring (bicyclic) bond motifs is 1. The first kappa shape index (κ1) is 16.4. The molecule has 2 aliphatic rings.